The molecule has 152 valence electrons. The monoisotopic (exact) mass is 386 g/mol. The Bertz CT molecular complexity index is 736. The minimum Gasteiger partial charge on any atom is -0.387 e. The first kappa shape index (κ1) is 19.2. The van der Waals surface area contributed by atoms with Gasteiger partial charge in [-0.1, -0.05) is 18.6 Å². The van der Waals surface area contributed by atoms with Crippen LogP contribution >= 0.6 is 0 Å². The molecule has 1 aliphatic carbocycles. The van der Waals surface area contributed by atoms with Crippen molar-refractivity contribution in [3.05, 3.63) is 29.8 Å². The predicted octanol–water partition coefficient (Wildman–Crippen LogP) is 1.16. The minimum atomic E-state index is -0.531. The van der Waals surface area contributed by atoms with Crippen molar-refractivity contribution in [2.24, 2.45) is 21.5 Å². The number of aliphatic hydroxyl groups is 1. The van der Waals surface area contributed by atoms with E-state index in [4.69, 9.17) is 21.2 Å². The highest BCUT2D eigenvalue weighted by atomic mass is 16.5. The molecule has 0 aromatic heterocycles. The topological polar surface area (TPSA) is 113 Å². The van der Waals surface area contributed by atoms with Crippen molar-refractivity contribution in [1.82, 2.24) is 4.90 Å². The molecule has 2 fully saturated rings. The van der Waals surface area contributed by atoms with Gasteiger partial charge >= 0.3 is 0 Å². The molecule has 1 unspecified atom stereocenters. The number of nitrogens with two attached hydrogens (primary N) is 2. The van der Waals surface area contributed by atoms with Crippen molar-refractivity contribution < 1.29 is 9.84 Å². The first-order valence-electron chi connectivity index (χ1n) is 10.2. The smallest absolute Gasteiger partial charge is 0.220 e. The fourth-order valence-electron chi connectivity index (χ4n) is 4.47. The van der Waals surface area contributed by atoms with Crippen molar-refractivity contribution in [1.29, 1.82) is 0 Å². The molecule has 8 nitrogen and oxygen atoms in total. The molecule has 5 N–H and O–H groups in total. The molecule has 1 aromatic carbocycles. The third-order valence-electron chi connectivity index (χ3n) is 5.92. The van der Waals surface area contributed by atoms with Crippen molar-refractivity contribution in [2.75, 3.05) is 37.7 Å². The van der Waals surface area contributed by atoms with Gasteiger partial charge in [-0.05, 0) is 43.4 Å². The number of guanidine groups is 2. The summed E-state index contributed by atoms with van der Waals surface area (Å²) in [5.41, 5.74) is 13.6. The summed E-state index contributed by atoms with van der Waals surface area (Å²) in [6, 6.07) is 7.92. The van der Waals surface area contributed by atoms with E-state index < -0.39 is 11.8 Å². The Morgan fingerprint density at radius 2 is 1.75 bits per heavy atom. The molecule has 0 radical (unpaired) electrons. The summed E-state index contributed by atoms with van der Waals surface area (Å²) in [6.07, 6.45) is 4.68. The Labute approximate surface area is 165 Å². The molecule has 2 heterocycles. The van der Waals surface area contributed by atoms with E-state index in [0.29, 0.717) is 12.5 Å². The van der Waals surface area contributed by atoms with Gasteiger partial charge in [0.2, 0.25) is 11.9 Å². The maximum absolute atomic E-state index is 10.6. The third kappa shape index (κ3) is 3.85. The third-order valence-corrected chi connectivity index (χ3v) is 5.92. The summed E-state index contributed by atoms with van der Waals surface area (Å²) >= 11 is 0. The molecular weight excluding hydrogens is 356 g/mol. The molecule has 0 amide bonds. The zero-order valence-corrected chi connectivity index (χ0v) is 16.3. The SMILES string of the molecule is NC1=NC2(CCCCC2)N(c2ccc(C(O)CN3CCOCC3)cc2)C(N)=N1. The second-order valence-electron chi connectivity index (χ2n) is 7.84. The molecular formula is C20H30N6O2. The Kier molecular flexibility index (Phi) is 5.52. The fourth-order valence-corrected chi connectivity index (χ4v) is 4.47. The number of ether oxygens (including phenoxy) is 1. The van der Waals surface area contributed by atoms with E-state index in [1.54, 1.807) is 0 Å². The van der Waals surface area contributed by atoms with Gasteiger partial charge in [-0.15, -0.1) is 0 Å². The van der Waals surface area contributed by atoms with E-state index in [9.17, 15) is 5.11 Å². The van der Waals surface area contributed by atoms with Crippen LogP contribution in [-0.2, 0) is 4.74 Å². The number of hydrogen-bond acceptors (Lipinski definition) is 8. The van der Waals surface area contributed by atoms with E-state index in [1.165, 1.54) is 6.42 Å². The van der Waals surface area contributed by atoms with Gasteiger partial charge in [0.1, 0.15) is 5.66 Å². The average Bonchev–Trinajstić information content (AvgIpc) is 2.69. The molecule has 0 bridgehead atoms. The predicted molar refractivity (Wildman–Crippen MR) is 110 cm³/mol. The van der Waals surface area contributed by atoms with Crippen LogP contribution in [0.1, 0.15) is 43.8 Å². The summed E-state index contributed by atoms with van der Waals surface area (Å²) in [5.74, 6) is 0.643. The highest BCUT2D eigenvalue weighted by Crippen LogP contribution is 2.39. The van der Waals surface area contributed by atoms with Crippen LogP contribution in [0.5, 0.6) is 0 Å². The van der Waals surface area contributed by atoms with Crippen LogP contribution < -0.4 is 16.4 Å². The van der Waals surface area contributed by atoms with Gasteiger partial charge in [0.15, 0.2) is 0 Å². The first-order valence-corrected chi connectivity index (χ1v) is 10.2. The van der Waals surface area contributed by atoms with Gasteiger partial charge in [-0.25, -0.2) is 4.99 Å². The van der Waals surface area contributed by atoms with Crippen LogP contribution in [-0.4, -0.2) is 60.4 Å². The van der Waals surface area contributed by atoms with Crippen LogP contribution in [0.3, 0.4) is 0 Å². The summed E-state index contributed by atoms with van der Waals surface area (Å²) in [5, 5.41) is 10.6. The standard InChI is InChI=1S/C20H30N6O2/c21-18-23-19(22)26(20(24-18)8-2-1-3-9-20)16-6-4-15(5-7-16)17(27)14-25-10-12-28-13-11-25/h4-7,17,27H,1-3,8-14H2,(H4,21,22,23,24). The Balaban J connectivity index is 1.52. The number of aliphatic imine (C=N–C) groups is 2. The van der Waals surface area contributed by atoms with Gasteiger partial charge in [0.25, 0.3) is 0 Å². The van der Waals surface area contributed by atoms with E-state index in [-0.39, 0.29) is 5.96 Å². The van der Waals surface area contributed by atoms with Crippen LogP contribution in [0.15, 0.2) is 34.3 Å². The van der Waals surface area contributed by atoms with Gasteiger partial charge in [-0.3, -0.25) is 9.80 Å². The maximum Gasteiger partial charge on any atom is 0.220 e. The van der Waals surface area contributed by atoms with E-state index in [1.807, 2.05) is 29.2 Å². The van der Waals surface area contributed by atoms with E-state index in [2.05, 4.69) is 9.89 Å². The molecule has 4 rings (SSSR count). The number of benzene rings is 1. The molecule has 1 saturated heterocycles. The molecule has 1 saturated carbocycles. The lowest BCUT2D eigenvalue weighted by Crippen LogP contribution is -2.58. The summed E-state index contributed by atoms with van der Waals surface area (Å²) in [6.45, 7) is 3.78. The second-order valence-corrected chi connectivity index (χ2v) is 7.84. The van der Waals surface area contributed by atoms with Crippen LogP contribution in [0, 0.1) is 0 Å². The molecule has 1 atom stereocenters. The molecule has 1 aromatic rings. The fraction of sp³-hybridized carbons (Fsp3) is 0.600. The number of nitrogens with zero attached hydrogens (tertiary/aromatic N) is 4. The normalized spacial score (nSPS) is 24.0. The zero-order chi connectivity index (χ0) is 19.6. The van der Waals surface area contributed by atoms with Gasteiger partial charge in [0.05, 0.1) is 19.3 Å². The average molecular weight is 387 g/mol. The van der Waals surface area contributed by atoms with Gasteiger partial charge in [0, 0.05) is 25.3 Å². The van der Waals surface area contributed by atoms with Gasteiger partial charge in [-0.2, -0.15) is 4.99 Å². The highest BCUT2D eigenvalue weighted by molar-refractivity contribution is 6.05. The van der Waals surface area contributed by atoms with Crippen molar-refractivity contribution in [3.63, 3.8) is 0 Å². The molecule has 2 aliphatic heterocycles. The van der Waals surface area contributed by atoms with E-state index in [0.717, 1.165) is 63.2 Å². The number of rotatable bonds is 4. The van der Waals surface area contributed by atoms with Crippen molar-refractivity contribution in [2.45, 2.75) is 43.9 Å². The quantitative estimate of drug-likeness (QED) is 0.716. The molecule has 1 spiro atoms. The lowest BCUT2D eigenvalue weighted by Gasteiger charge is -2.45. The Morgan fingerprint density at radius 1 is 1.07 bits per heavy atom. The number of anilines is 1. The lowest BCUT2D eigenvalue weighted by molar-refractivity contribution is 0.0143. The first-order chi connectivity index (χ1) is 13.6. The number of hydrogen-bond donors (Lipinski definition) is 3. The summed E-state index contributed by atoms with van der Waals surface area (Å²) in [4.78, 5) is 13.1. The Morgan fingerprint density at radius 3 is 2.43 bits per heavy atom. The largest absolute Gasteiger partial charge is 0.387 e. The number of morpholine rings is 1. The summed E-state index contributed by atoms with van der Waals surface area (Å²) < 4.78 is 5.37. The number of β-amino-alcohol motifs (C(OH)–C–C–N with tert-alkyl or cyclic N) is 1. The lowest BCUT2D eigenvalue weighted by atomic mass is 9.87. The van der Waals surface area contributed by atoms with E-state index >= 15 is 0 Å². The summed E-state index contributed by atoms with van der Waals surface area (Å²) in [7, 11) is 0. The van der Waals surface area contributed by atoms with Crippen LogP contribution in [0.4, 0.5) is 5.69 Å². The Hall–Kier alpha value is -2.16. The van der Waals surface area contributed by atoms with Gasteiger partial charge < -0.3 is 21.3 Å². The molecule has 3 aliphatic rings. The molecule has 28 heavy (non-hydrogen) atoms. The van der Waals surface area contributed by atoms with Crippen molar-refractivity contribution in [3.8, 4) is 0 Å². The van der Waals surface area contributed by atoms with Crippen molar-refractivity contribution >= 4 is 17.6 Å². The second kappa shape index (κ2) is 8.06. The van der Waals surface area contributed by atoms with Crippen LogP contribution in [0.25, 0.3) is 0 Å². The zero-order valence-electron chi connectivity index (χ0n) is 16.3. The maximum atomic E-state index is 10.6. The minimum absolute atomic E-state index is 0.258. The van der Waals surface area contributed by atoms with Crippen LogP contribution in [0.2, 0.25) is 0 Å². The molecule has 8 heteroatoms. The highest BCUT2D eigenvalue weighted by Gasteiger charge is 2.42. The number of aliphatic hydroxyl groups excluding tert-OH is 1.